The first-order valence-electron chi connectivity index (χ1n) is 6.99. The number of rotatable bonds is 6. The topological polar surface area (TPSA) is 75.2 Å². The molecule has 0 unspecified atom stereocenters. The van der Waals surface area contributed by atoms with E-state index in [0.29, 0.717) is 11.6 Å². The lowest BCUT2D eigenvalue weighted by Gasteiger charge is -2.13. The molecule has 0 aliphatic rings. The molecule has 1 aromatic carbocycles. The minimum Gasteiger partial charge on any atom is -0.363 e. The fourth-order valence-corrected chi connectivity index (χ4v) is 3.06. The van der Waals surface area contributed by atoms with E-state index in [9.17, 15) is 12.8 Å². The van der Waals surface area contributed by atoms with Crippen molar-refractivity contribution in [2.75, 3.05) is 19.0 Å². The van der Waals surface area contributed by atoms with Crippen molar-refractivity contribution in [2.45, 2.75) is 19.2 Å². The molecule has 8 heteroatoms. The van der Waals surface area contributed by atoms with Crippen LogP contribution in [0, 0.1) is 12.7 Å². The summed E-state index contributed by atoms with van der Waals surface area (Å²) in [6.07, 6.45) is 0. The van der Waals surface area contributed by atoms with Crippen molar-refractivity contribution in [1.82, 2.24) is 14.7 Å². The number of hydrogen-bond acceptors (Lipinski definition) is 5. The van der Waals surface area contributed by atoms with Gasteiger partial charge in [0, 0.05) is 31.4 Å². The van der Waals surface area contributed by atoms with Gasteiger partial charge in [0.15, 0.2) is 0 Å². The second kappa shape index (κ2) is 7.01. The number of aromatic nitrogens is 2. The van der Waals surface area contributed by atoms with Crippen LogP contribution in [-0.4, -0.2) is 32.5 Å². The van der Waals surface area contributed by atoms with Crippen LogP contribution in [0.3, 0.4) is 0 Å². The largest absolute Gasteiger partial charge is 0.363 e. The summed E-state index contributed by atoms with van der Waals surface area (Å²) in [5, 5.41) is 0. The lowest BCUT2D eigenvalue weighted by Crippen LogP contribution is -2.26. The summed E-state index contributed by atoms with van der Waals surface area (Å²) in [7, 11) is -0.00253. The van der Waals surface area contributed by atoms with Gasteiger partial charge < -0.3 is 4.90 Å². The fraction of sp³-hybridized carbons (Fsp3) is 0.333. The zero-order valence-electron chi connectivity index (χ0n) is 13.2. The fourth-order valence-electron chi connectivity index (χ4n) is 1.97. The van der Waals surface area contributed by atoms with Crippen LogP contribution in [0.25, 0.3) is 0 Å². The summed E-state index contributed by atoms with van der Waals surface area (Å²) in [6, 6.07) is 7.60. The quantitative estimate of drug-likeness (QED) is 0.866. The number of nitrogens with one attached hydrogen (secondary N) is 1. The highest BCUT2D eigenvalue weighted by Gasteiger charge is 2.15. The molecule has 0 aliphatic heterocycles. The van der Waals surface area contributed by atoms with Gasteiger partial charge >= 0.3 is 0 Å². The maximum absolute atomic E-state index is 13.6. The van der Waals surface area contributed by atoms with Crippen LogP contribution in [0.1, 0.15) is 17.1 Å². The van der Waals surface area contributed by atoms with Crippen LogP contribution in [0.2, 0.25) is 0 Å². The van der Waals surface area contributed by atoms with Gasteiger partial charge in [0.1, 0.15) is 17.5 Å². The zero-order chi connectivity index (χ0) is 17.0. The first-order valence-corrected chi connectivity index (χ1v) is 8.65. The summed E-state index contributed by atoms with van der Waals surface area (Å²) < 4.78 is 40.1. The van der Waals surface area contributed by atoms with Crippen LogP contribution in [0.15, 0.2) is 30.3 Å². The molecule has 1 N–H and O–H groups in total. The van der Waals surface area contributed by atoms with E-state index in [1.807, 2.05) is 25.9 Å². The Morgan fingerprint density at radius 2 is 1.91 bits per heavy atom. The van der Waals surface area contributed by atoms with Gasteiger partial charge in [0.2, 0.25) is 10.0 Å². The highest BCUT2D eigenvalue weighted by atomic mass is 32.2. The monoisotopic (exact) mass is 338 g/mol. The number of nitrogens with zero attached hydrogens (tertiary/aromatic N) is 3. The third-order valence-corrected chi connectivity index (χ3v) is 4.37. The molecule has 0 saturated carbocycles. The Balaban J connectivity index is 2.09. The predicted octanol–water partition coefficient (Wildman–Crippen LogP) is 1.61. The van der Waals surface area contributed by atoms with E-state index in [2.05, 4.69) is 14.7 Å². The highest BCUT2D eigenvalue weighted by molar-refractivity contribution is 7.88. The van der Waals surface area contributed by atoms with E-state index >= 15 is 0 Å². The molecule has 0 fully saturated rings. The van der Waals surface area contributed by atoms with Crippen LogP contribution < -0.4 is 9.62 Å². The van der Waals surface area contributed by atoms with Gasteiger partial charge in [-0.1, -0.05) is 18.2 Å². The van der Waals surface area contributed by atoms with E-state index in [-0.39, 0.29) is 12.1 Å². The first-order chi connectivity index (χ1) is 10.8. The van der Waals surface area contributed by atoms with Gasteiger partial charge in [-0.3, -0.25) is 0 Å². The molecule has 0 amide bonds. The Morgan fingerprint density at radius 1 is 1.22 bits per heavy atom. The molecule has 0 aliphatic carbocycles. The molecule has 124 valence electrons. The number of sulfonamides is 1. The molecule has 0 spiro atoms. The number of aryl methyl sites for hydroxylation is 1. The number of benzene rings is 1. The normalized spacial score (nSPS) is 11.5. The Bertz CT molecular complexity index is 794. The Labute approximate surface area is 135 Å². The van der Waals surface area contributed by atoms with Crippen molar-refractivity contribution in [3.8, 4) is 0 Å². The standard InChI is InChI=1S/C15H19FN4O2S/c1-11-8-15(20(2)3)19-14(18-11)9-17-23(21,22)10-12-6-4-5-7-13(12)16/h4-8,17H,9-10H2,1-3H3. The summed E-state index contributed by atoms with van der Waals surface area (Å²) in [4.78, 5) is 10.3. The Kier molecular flexibility index (Phi) is 5.27. The van der Waals surface area contributed by atoms with Gasteiger partial charge in [-0.2, -0.15) is 0 Å². The molecule has 23 heavy (non-hydrogen) atoms. The van der Waals surface area contributed by atoms with Crippen LogP contribution in [0.5, 0.6) is 0 Å². The summed E-state index contributed by atoms with van der Waals surface area (Å²) >= 11 is 0. The van der Waals surface area contributed by atoms with Crippen molar-refractivity contribution in [1.29, 1.82) is 0 Å². The molecular weight excluding hydrogens is 319 g/mol. The molecule has 0 saturated heterocycles. The SMILES string of the molecule is Cc1cc(N(C)C)nc(CNS(=O)(=O)Cc2ccccc2F)n1. The summed E-state index contributed by atoms with van der Waals surface area (Å²) in [5.41, 5.74) is 0.867. The Morgan fingerprint density at radius 3 is 2.57 bits per heavy atom. The zero-order valence-corrected chi connectivity index (χ0v) is 14.1. The molecule has 0 bridgehead atoms. The van der Waals surface area contributed by atoms with E-state index < -0.39 is 21.6 Å². The van der Waals surface area contributed by atoms with E-state index in [0.717, 1.165) is 5.69 Å². The molecule has 1 aromatic heterocycles. The minimum absolute atomic E-state index is 0.0424. The van der Waals surface area contributed by atoms with Gasteiger partial charge in [0.25, 0.3) is 0 Å². The van der Waals surface area contributed by atoms with Gasteiger partial charge in [-0.25, -0.2) is 27.5 Å². The molecule has 2 aromatic rings. The molecule has 1 heterocycles. The van der Waals surface area contributed by atoms with Crippen molar-refractivity contribution in [3.63, 3.8) is 0 Å². The van der Waals surface area contributed by atoms with Crippen LogP contribution in [0.4, 0.5) is 10.2 Å². The summed E-state index contributed by atoms with van der Waals surface area (Å²) in [6.45, 7) is 1.77. The maximum atomic E-state index is 13.6. The van der Waals surface area contributed by atoms with Crippen molar-refractivity contribution < 1.29 is 12.8 Å². The van der Waals surface area contributed by atoms with Crippen molar-refractivity contribution in [3.05, 3.63) is 53.2 Å². The van der Waals surface area contributed by atoms with E-state index in [1.54, 1.807) is 12.1 Å². The first kappa shape index (κ1) is 17.3. The molecular formula is C15H19FN4O2S. The van der Waals surface area contributed by atoms with Crippen molar-refractivity contribution >= 4 is 15.8 Å². The van der Waals surface area contributed by atoms with E-state index in [4.69, 9.17) is 0 Å². The summed E-state index contributed by atoms with van der Waals surface area (Å²) in [5.74, 6) is 0.0950. The molecule has 0 radical (unpaired) electrons. The molecule has 2 rings (SSSR count). The molecule has 6 nitrogen and oxygen atoms in total. The molecule has 0 atom stereocenters. The minimum atomic E-state index is -3.68. The highest BCUT2D eigenvalue weighted by Crippen LogP contribution is 2.12. The van der Waals surface area contributed by atoms with Crippen LogP contribution >= 0.6 is 0 Å². The third kappa shape index (κ3) is 4.97. The van der Waals surface area contributed by atoms with Crippen LogP contribution in [-0.2, 0) is 22.3 Å². The van der Waals surface area contributed by atoms with Crippen molar-refractivity contribution in [2.24, 2.45) is 0 Å². The second-order valence-corrected chi connectivity index (χ2v) is 7.16. The maximum Gasteiger partial charge on any atom is 0.216 e. The lowest BCUT2D eigenvalue weighted by atomic mass is 10.2. The number of halogens is 1. The average Bonchev–Trinajstić information content (AvgIpc) is 2.47. The predicted molar refractivity (Wildman–Crippen MR) is 87.0 cm³/mol. The third-order valence-electron chi connectivity index (χ3n) is 3.10. The number of anilines is 1. The second-order valence-electron chi connectivity index (χ2n) is 5.35. The van der Waals surface area contributed by atoms with Gasteiger partial charge in [-0.05, 0) is 13.0 Å². The smallest absolute Gasteiger partial charge is 0.216 e. The Hall–Kier alpha value is -2.06. The van der Waals surface area contributed by atoms with Gasteiger partial charge in [-0.15, -0.1) is 0 Å². The average molecular weight is 338 g/mol. The van der Waals surface area contributed by atoms with E-state index in [1.165, 1.54) is 18.2 Å². The lowest BCUT2D eigenvalue weighted by molar-refractivity contribution is 0.572. The number of hydrogen-bond donors (Lipinski definition) is 1. The van der Waals surface area contributed by atoms with Gasteiger partial charge in [0.05, 0.1) is 12.3 Å².